The summed E-state index contributed by atoms with van der Waals surface area (Å²) in [4.78, 5) is 17.0. The van der Waals surface area contributed by atoms with Gasteiger partial charge in [-0.2, -0.15) is 0 Å². The van der Waals surface area contributed by atoms with E-state index in [0.29, 0.717) is 0 Å². The number of aromatic nitrogens is 1. The number of hydrogen-bond acceptors (Lipinski definition) is 3. The van der Waals surface area contributed by atoms with Crippen LogP contribution in [-0.2, 0) is 0 Å². The van der Waals surface area contributed by atoms with E-state index in [0.717, 1.165) is 36.1 Å². The fourth-order valence-corrected chi connectivity index (χ4v) is 2.37. The zero-order valence-corrected chi connectivity index (χ0v) is 9.52. The lowest BCUT2D eigenvalue weighted by Gasteiger charge is -2.17. The fraction of sp³-hybridized carbons (Fsp3) is 0.308. The molecule has 0 amide bonds. The first-order valence-corrected chi connectivity index (χ1v) is 5.86. The minimum Gasteiger partial charge on any atom is -0.356 e. The lowest BCUT2D eigenvalue weighted by molar-refractivity contribution is 0.751. The van der Waals surface area contributed by atoms with Gasteiger partial charge in [0.1, 0.15) is 5.82 Å². The average molecular weight is 229 g/mol. The Morgan fingerprint density at radius 3 is 2.94 bits per heavy atom. The Morgan fingerprint density at radius 1 is 1.35 bits per heavy atom. The molecule has 3 rings (SSSR count). The summed E-state index contributed by atoms with van der Waals surface area (Å²) in [5.74, 6) is 0.877. The second-order valence-electron chi connectivity index (χ2n) is 4.57. The molecule has 0 radical (unpaired) electrons. The highest BCUT2D eigenvalue weighted by atomic mass is 16.1. The van der Waals surface area contributed by atoms with E-state index in [9.17, 15) is 4.79 Å². The zero-order valence-electron chi connectivity index (χ0n) is 9.52. The zero-order chi connectivity index (χ0) is 11.8. The highest BCUT2D eigenvalue weighted by molar-refractivity contribution is 5.83. The van der Waals surface area contributed by atoms with Crippen LogP contribution in [0.15, 0.2) is 35.1 Å². The van der Waals surface area contributed by atoms with Gasteiger partial charge in [0.15, 0.2) is 0 Å². The lowest BCUT2D eigenvalue weighted by atomic mass is 10.2. The third kappa shape index (κ3) is 1.80. The van der Waals surface area contributed by atoms with Gasteiger partial charge < -0.3 is 15.6 Å². The largest absolute Gasteiger partial charge is 0.356 e. The van der Waals surface area contributed by atoms with Crippen molar-refractivity contribution < 1.29 is 0 Å². The Kier molecular flexibility index (Phi) is 2.37. The van der Waals surface area contributed by atoms with E-state index >= 15 is 0 Å². The van der Waals surface area contributed by atoms with Crippen LogP contribution < -0.4 is 16.2 Å². The normalized spacial score (nSPS) is 20.1. The van der Waals surface area contributed by atoms with Crippen molar-refractivity contribution >= 4 is 16.6 Å². The molecule has 4 heteroatoms. The van der Waals surface area contributed by atoms with Gasteiger partial charge in [0.2, 0.25) is 0 Å². The SMILES string of the molecule is NC1CCN(c2cc3ccccc3c(=O)[nH]2)C1. The molecular weight excluding hydrogens is 214 g/mol. The molecule has 0 saturated carbocycles. The molecule has 2 aromatic rings. The van der Waals surface area contributed by atoms with Crippen LogP contribution in [0.25, 0.3) is 10.8 Å². The number of H-pyrrole nitrogens is 1. The van der Waals surface area contributed by atoms with Gasteiger partial charge in [0.25, 0.3) is 5.56 Å². The second kappa shape index (κ2) is 3.89. The van der Waals surface area contributed by atoms with Crippen molar-refractivity contribution in [2.75, 3.05) is 18.0 Å². The first-order chi connectivity index (χ1) is 8.24. The Morgan fingerprint density at radius 2 is 2.18 bits per heavy atom. The second-order valence-corrected chi connectivity index (χ2v) is 4.57. The highest BCUT2D eigenvalue weighted by Crippen LogP contribution is 2.19. The number of aromatic amines is 1. The molecule has 1 aromatic heterocycles. The van der Waals surface area contributed by atoms with Crippen LogP contribution >= 0.6 is 0 Å². The number of nitrogens with one attached hydrogen (secondary N) is 1. The van der Waals surface area contributed by atoms with E-state index in [1.165, 1.54) is 0 Å². The smallest absolute Gasteiger partial charge is 0.257 e. The topological polar surface area (TPSA) is 62.1 Å². The molecule has 4 nitrogen and oxygen atoms in total. The Balaban J connectivity index is 2.09. The molecule has 17 heavy (non-hydrogen) atoms. The van der Waals surface area contributed by atoms with Crippen molar-refractivity contribution in [3.8, 4) is 0 Å². The molecule has 88 valence electrons. The predicted octanol–water partition coefficient (Wildman–Crippen LogP) is 1.07. The first-order valence-electron chi connectivity index (χ1n) is 5.86. The number of pyridine rings is 1. The summed E-state index contributed by atoms with van der Waals surface area (Å²) in [6.45, 7) is 1.73. The summed E-state index contributed by atoms with van der Waals surface area (Å²) in [5, 5.41) is 1.71. The van der Waals surface area contributed by atoms with Crippen LogP contribution in [0.2, 0.25) is 0 Å². The van der Waals surface area contributed by atoms with Crippen molar-refractivity contribution in [2.45, 2.75) is 12.5 Å². The molecule has 3 N–H and O–H groups in total. The number of rotatable bonds is 1. The number of hydrogen-bond donors (Lipinski definition) is 2. The molecule has 0 bridgehead atoms. The van der Waals surface area contributed by atoms with Crippen LogP contribution in [0, 0.1) is 0 Å². The molecular formula is C13H15N3O. The molecule has 1 fully saturated rings. The maximum Gasteiger partial charge on any atom is 0.257 e. The van der Waals surface area contributed by atoms with Gasteiger partial charge in [0, 0.05) is 24.5 Å². The molecule has 1 aliphatic rings. The van der Waals surface area contributed by atoms with Gasteiger partial charge in [-0.1, -0.05) is 18.2 Å². The number of benzene rings is 1. The van der Waals surface area contributed by atoms with Gasteiger partial charge in [-0.25, -0.2) is 0 Å². The van der Waals surface area contributed by atoms with Crippen LogP contribution in [-0.4, -0.2) is 24.1 Å². The Bertz CT molecular complexity index is 605. The molecule has 1 aromatic carbocycles. The Labute approximate surface area is 99.0 Å². The van der Waals surface area contributed by atoms with Crippen LogP contribution in [0.5, 0.6) is 0 Å². The van der Waals surface area contributed by atoms with Gasteiger partial charge in [-0.15, -0.1) is 0 Å². The molecule has 1 aliphatic heterocycles. The summed E-state index contributed by atoms with van der Waals surface area (Å²) in [6, 6.07) is 9.86. The molecule has 0 spiro atoms. The van der Waals surface area contributed by atoms with Crippen molar-refractivity contribution in [2.24, 2.45) is 5.73 Å². The van der Waals surface area contributed by atoms with E-state index in [4.69, 9.17) is 5.73 Å². The van der Waals surface area contributed by atoms with Crippen LogP contribution in [0.1, 0.15) is 6.42 Å². The average Bonchev–Trinajstić information content (AvgIpc) is 2.76. The van der Waals surface area contributed by atoms with Crippen LogP contribution in [0.3, 0.4) is 0 Å². The minimum absolute atomic E-state index is 0.0291. The maximum atomic E-state index is 11.9. The summed E-state index contributed by atoms with van der Waals surface area (Å²) >= 11 is 0. The molecule has 0 aliphatic carbocycles. The monoisotopic (exact) mass is 229 g/mol. The van der Waals surface area contributed by atoms with Crippen molar-refractivity contribution in [3.05, 3.63) is 40.7 Å². The number of nitrogens with zero attached hydrogens (tertiary/aromatic N) is 1. The molecule has 1 atom stereocenters. The van der Waals surface area contributed by atoms with E-state index in [-0.39, 0.29) is 11.6 Å². The lowest BCUT2D eigenvalue weighted by Crippen LogP contribution is -2.28. The first kappa shape index (κ1) is 10.4. The van der Waals surface area contributed by atoms with Crippen molar-refractivity contribution in [1.82, 2.24) is 4.98 Å². The maximum absolute atomic E-state index is 11.9. The third-order valence-electron chi connectivity index (χ3n) is 3.30. The fourth-order valence-electron chi connectivity index (χ4n) is 2.37. The highest BCUT2D eigenvalue weighted by Gasteiger charge is 2.20. The summed E-state index contributed by atoms with van der Waals surface area (Å²) in [6.07, 6.45) is 0.981. The molecule has 1 saturated heterocycles. The van der Waals surface area contributed by atoms with Crippen LogP contribution in [0.4, 0.5) is 5.82 Å². The van der Waals surface area contributed by atoms with Gasteiger partial charge in [-0.05, 0) is 23.9 Å². The minimum atomic E-state index is -0.0291. The molecule has 2 heterocycles. The van der Waals surface area contributed by atoms with Crippen molar-refractivity contribution in [1.29, 1.82) is 0 Å². The summed E-state index contributed by atoms with van der Waals surface area (Å²) < 4.78 is 0. The number of nitrogens with two attached hydrogens (primary N) is 1. The molecule has 1 unspecified atom stereocenters. The van der Waals surface area contributed by atoms with Gasteiger partial charge >= 0.3 is 0 Å². The quantitative estimate of drug-likeness (QED) is 0.768. The summed E-state index contributed by atoms with van der Waals surface area (Å²) in [7, 11) is 0. The third-order valence-corrected chi connectivity index (χ3v) is 3.30. The number of anilines is 1. The Hall–Kier alpha value is -1.81. The van der Waals surface area contributed by atoms with E-state index in [2.05, 4.69) is 9.88 Å². The predicted molar refractivity (Wildman–Crippen MR) is 69.4 cm³/mol. The van der Waals surface area contributed by atoms with E-state index in [1.54, 1.807) is 0 Å². The van der Waals surface area contributed by atoms with Crippen molar-refractivity contribution in [3.63, 3.8) is 0 Å². The summed E-state index contributed by atoms with van der Waals surface area (Å²) in [5.41, 5.74) is 5.85. The van der Waals surface area contributed by atoms with Gasteiger partial charge in [-0.3, -0.25) is 4.79 Å². The van der Waals surface area contributed by atoms with E-state index in [1.807, 2.05) is 30.3 Å². The number of fused-ring (bicyclic) bond motifs is 1. The van der Waals surface area contributed by atoms with E-state index < -0.39 is 0 Å². The standard InChI is InChI=1S/C13H15N3O/c14-10-5-6-16(8-10)12-7-9-3-1-2-4-11(9)13(17)15-12/h1-4,7,10H,5-6,8,14H2,(H,15,17). The van der Waals surface area contributed by atoms with Gasteiger partial charge in [0.05, 0.1) is 0 Å².